The van der Waals surface area contributed by atoms with Crippen molar-refractivity contribution in [1.29, 1.82) is 0 Å². The standard InChI is InChI=1S/C25H26N4O4.C21H16F3N3O7S/c30-25-27-23(31-15-19-16-32-24-22(33-19)4-3-8-26-24)13-21-20-6-5-17(14-28-9-1-2-10-28)12-18(20)7-11-29(21)25;22-21(23,24)35(29,30)34-13-3-4-15-12(8-13)5-7-27-16(15)9-18(26-20(27)28)31-10-14-11-32-19-17(33-14)2-1-6-25-19/h3-6,8,12-13,19H,1-2,7,9-11,14-16H2;1-4,6,8-9,14H,5,7,10-11H2. The summed E-state index contributed by atoms with van der Waals surface area (Å²) in [5, 5.41) is 0. The molecular formula is C46H42F3N7O11S. The first-order chi connectivity index (χ1) is 32.8. The molecule has 0 radical (unpaired) electrons. The van der Waals surface area contributed by atoms with Crippen molar-refractivity contribution in [2.24, 2.45) is 0 Å². The Balaban J connectivity index is 0.000000159. The zero-order chi connectivity index (χ0) is 47.0. The molecule has 2 unspecified atom stereocenters. The molecule has 354 valence electrons. The molecule has 0 aliphatic carbocycles. The minimum absolute atomic E-state index is 0.0228. The van der Waals surface area contributed by atoms with Gasteiger partial charge in [0.1, 0.15) is 32.2 Å². The Morgan fingerprint density at radius 1 is 0.676 bits per heavy atom. The molecule has 1 saturated heterocycles. The van der Waals surface area contributed by atoms with Gasteiger partial charge in [-0.05, 0) is 97.9 Å². The summed E-state index contributed by atoms with van der Waals surface area (Å²) in [6, 6.07) is 20.7. The predicted molar refractivity (Wildman–Crippen MR) is 235 cm³/mol. The fourth-order valence-corrected chi connectivity index (χ4v) is 9.01. The van der Waals surface area contributed by atoms with Crippen LogP contribution in [0, 0.1) is 0 Å². The second-order valence-corrected chi connectivity index (χ2v) is 18.0. The summed E-state index contributed by atoms with van der Waals surface area (Å²) in [7, 11) is -5.80. The third-order valence-electron chi connectivity index (χ3n) is 11.8. The number of fused-ring (bicyclic) bond motifs is 8. The lowest BCUT2D eigenvalue weighted by Crippen LogP contribution is -2.35. The molecule has 0 bridgehead atoms. The Morgan fingerprint density at radius 3 is 1.75 bits per heavy atom. The van der Waals surface area contributed by atoms with E-state index in [4.69, 9.17) is 28.4 Å². The maximum Gasteiger partial charge on any atom is 0.534 e. The van der Waals surface area contributed by atoms with E-state index in [1.807, 2.05) is 12.1 Å². The van der Waals surface area contributed by atoms with Gasteiger partial charge >= 0.3 is 27.0 Å². The van der Waals surface area contributed by atoms with Crippen LogP contribution in [0.25, 0.3) is 22.5 Å². The molecule has 0 N–H and O–H groups in total. The second kappa shape index (κ2) is 18.5. The van der Waals surface area contributed by atoms with E-state index < -0.39 is 33.2 Å². The highest BCUT2D eigenvalue weighted by molar-refractivity contribution is 7.88. The Kier molecular flexibility index (Phi) is 12.1. The van der Waals surface area contributed by atoms with Crippen molar-refractivity contribution in [2.45, 2.75) is 63.0 Å². The highest BCUT2D eigenvalue weighted by atomic mass is 32.2. The number of alkyl halides is 3. The third kappa shape index (κ3) is 9.50. The molecule has 11 rings (SSSR count). The van der Waals surface area contributed by atoms with E-state index in [1.54, 1.807) is 35.2 Å². The van der Waals surface area contributed by atoms with Crippen LogP contribution in [-0.4, -0.2) is 99.6 Å². The van der Waals surface area contributed by atoms with Crippen molar-refractivity contribution in [3.63, 3.8) is 0 Å². The fraction of sp³-hybridized carbons (Fsp3) is 0.348. The number of nitrogens with zero attached hydrogens (tertiary/aromatic N) is 7. The van der Waals surface area contributed by atoms with Crippen LogP contribution in [-0.2, 0) is 42.6 Å². The van der Waals surface area contributed by atoms with Crippen LogP contribution in [0.15, 0.2) is 94.8 Å². The molecule has 18 nitrogen and oxygen atoms in total. The van der Waals surface area contributed by atoms with E-state index in [9.17, 15) is 31.2 Å². The van der Waals surface area contributed by atoms with Crippen LogP contribution in [0.3, 0.4) is 0 Å². The zero-order valence-electron chi connectivity index (χ0n) is 36.1. The summed E-state index contributed by atoms with van der Waals surface area (Å²) >= 11 is 0. The number of likely N-dealkylation sites (tertiary alicyclic amines) is 1. The largest absolute Gasteiger partial charge is 0.534 e. The molecule has 5 aliphatic heterocycles. The van der Waals surface area contributed by atoms with Crippen LogP contribution in [0.2, 0.25) is 0 Å². The van der Waals surface area contributed by atoms with Crippen molar-refractivity contribution >= 4 is 10.1 Å². The molecule has 0 saturated carbocycles. The number of hydrogen-bond acceptors (Lipinski definition) is 16. The SMILES string of the molecule is O=c1nc(OCC2COc3ncccc3O2)cc2n1CCc1cc(CN3CCCC3)ccc1-2.O=c1nc(OCC2COc3ncccc3O2)cc2n1CCc1cc(OS(=O)(=O)C(F)(F)F)ccc1-2. The first-order valence-corrected chi connectivity index (χ1v) is 23.2. The summed E-state index contributed by atoms with van der Waals surface area (Å²) in [6.07, 6.45) is 6.13. The van der Waals surface area contributed by atoms with Gasteiger partial charge in [-0.25, -0.2) is 19.6 Å². The van der Waals surface area contributed by atoms with Gasteiger partial charge in [0.25, 0.3) is 11.8 Å². The van der Waals surface area contributed by atoms with Crippen molar-refractivity contribution in [3.8, 4) is 63.3 Å². The highest BCUT2D eigenvalue weighted by Crippen LogP contribution is 2.36. The average Bonchev–Trinajstić information content (AvgIpc) is 3.85. The van der Waals surface area contributed by atoms with Gasteiger partial charge in [0, 0.05) is 55.3 Å². The Bertz CT molecular complexity index is 3110. The minimum atomic E-state index is -5.80. The Hall–Kier alpha value is -7.20. The van der Waals surface area contributed by atoms with E-state index in [1.165, 1.54) is 59.8 Å². The van der Waals surface area contributed by atoms with Crippen LogP contribution >= 0.6 is 0 Å². The van der Waals surface area contributed by atoms with Gasteiger partial charge in [-0.1, -0.05) is 18.2 Å². The molecule has 0 spiro atoms. The molecule has 0 amide bonds. The molecule has 2 aromatic carbocycles. The third-order valence-corrected chi connectivity index (χ3v) is 12.8. The first kappa shape index (κ1) is 44.6. The smallest absolute Gasteiger partial charge is 0.478 e. The molecule has 4 aromatic heterocycles. The maximum absolute atomic E-state index is 12.7. The summed E-state index contributed by atoms with van der Waals surface area (Å²) in [6.45, 7) is 4.94. The van der Waals surface area contributed by atoms with Gasteiger partial charge in [0.05, 0.1) is 11.4 Å². The summed E-state index contributed by atoms with van der Waals surface area (Å²) in [5.74, 6) is 1.76. The van der Waals surface area contributed by atoms with E-state index in [0.29, 0.717) is 59.1 Å². The lowest BCUT2D eigenvalue weighted by Gasteiger charge is -2.26. The van der Waals surface area contributed by atoms with Crippen molar-refractivity contribution in [3.05, 3.63) is 123 Å². The number of ether oxygens (including phenoxy) is 6. The van der Waals surface area contributed by atoms with Crippen molar-refractivity contribution in [2.75, 3.05) is 39.5 Å². The number of aryl methyl sites for hydroxylation is 2. The van der Waals surface area contributed by atoms with Gasteiger partial charge in [0.15, 0.2) is 23.7 Å². The summed E-state index contributed by atoms with van der Waals surface area (Å²) in [4.78, 5) is 44.0. The molecule has 22 heteroatoms. The van der Waals surface area contributed by atoms with Crippen LogP contribution in [0.1, 0.15) is 29.5 Å². The number of pyridine rings is 2. The fourth-order valence-electron chi connectivity index (χ4n) is 8.55. The Labute approximate surface area is 385 Å². The molecule has 2 atom stereocenters. The van der Waals surface area contributed by atoms with Crippen LogP contribution in [0.4, 0.5) is 13.2 Å². The topological polar surface area (TPSA) is 198 Å². The first-order valence-electron chi connectivity index (χ1n) is 21.8. The van der Waals surface area contributed by atoms with Gasteiger partial charge in [-0.15, -0.1) is 0 Å². The van der Waals surface area contributed by atoms with Crippen molar-refractivity contribution in [1.82, 2.24) is 34.0 Å². The quantitative estimate of drug-likeness (QED) is 0.131. The summed E-state index contributed by atoms with van der Waals surface area (Å²) in [5.41, 5.74) is -0.434. The van der Waals surface area contributed by atoms with E-state index in [2.05, 4.69) is 47.2 Å². The van der Waals surface area contributed by atoms with E-state index in [0.717, 1.165) is 30.3 Å². The predicted octanol–water partition coefficient (Wildman–Crippen LogP) is 4.98. The summed E-state index contributed by atoms with van der Waals surface area (Å²) < 4.78 is 102. The van der Waals surface area contributed by atoms with Crippen LogP contribution in [0.5, 0.6) is 40.8 Å². The molecule has 68 heavy (non-hydrogen) atoms. The van der Waals surface area contributed by atoms with Gasteiger partial charge in [-0.2, -0.15) is 31.6 Å². The lowest BCUT2D eigenvalue weighted by atomic mass is 9.95. The minimum Gasteiger partial charge on any atom is -0.478 e. The molecule has 1 fully saturated rings. The van der Waals surface area contributed by atoms with Gasteiger partial charge < -0.3 is 32.6 Å². The highest BCUT2D eigenvalue weighted by Gasteiger charge is 2.48. The molecule has 9 heterocycles. The monoisotopic (exact) mass is 957 g/mol. The number of halogens is 3. The lowest BCUT2D eigenvalue weighted by molar-refractivity contribution is -0.0500. The average molecular weight is 958 g/mol. The Morgan fingerprint density at radius 2 is 1.21 bits per heavy atom. The van der Waals surface area contributed by atoms with Crippen LogP contribution < -0.4 is 44.0 Å². The van der Waals surface area contributed by atoms with Gasteiger partial charge in [0.2, 0.25) is 11.8 Å². The zero-order valence-corrected chi connectivity index (χ0v) is 36.9. The van der Waals surface area contributed by atoms with Gasteiger partial charge in [-0.3, -0.25) is 14.0 Å². The van der Waals surface area contributed by atoms with E-state index in [-0.39, 0.29) is 50.5 Å². The molecular weight excluding hydrogens is 916 g/mol. The number of rotatable bonds is 10. The maximum atomic E-state index is 12.7. The molecule has 6 aromatic rings. The normalized spacial score (nSPS) is 17.9. The van der Waals surface area contributed by atoms with E-state index >= 15 is 0 Å². The molecule has 5 aliphatic rings. The number of aromatic nitrogens is 6. The second-order valence-electron chi connectivity index (χ2n) is 16.4. The number of benzene rings is 2. The van der Waals surface area contributed by atoms with Crippen molar-refractivity contribution < 1.29 is 54.2 Å². The number of hydrogen-bond donors (Lipinski definition) is 0.